The first kappa shape index (κ1) is 10.3. The second-order valence-corrected chi connectivity index (χ2v) is 3.97. The van der Waals surface area contributed by atoms with Gasteiger partial charge in [0.2, 0.25) is 0 Å². The van der Waals surface area contributed by atoms with E-state index >= 15 is 0 Å². The third kappa shape index (κ3) is 2.63. The zero-order valence-corrected chi connectivity index (χ0v) is 9.03. The number of hydrogen-bond acceptors (Lipinski definition) is 3. The number of anilines is 1. The first-order chi connectivity index (χ1) is 7.25. The van der Waals surface area contributed by atoms with E-state index in [2.05, 4.69) is 0 Å². The SMILES string of the molecule is Cc1cc(N)ccc1OC[C@H]1CCCO1. The normalized spacial score (nSPS) is 20.5. The highest BCUT2D eigenvalue weighted by Crippen LogP contribution is 2.21. The van der Waals surface area contributed by atoms with E-state index in [1.807, 2.05) is 25.1 Å². The van der Waals surface area contributed by atoms with Gasteiger partial charge in [0.25, 0.3) is 0 Å². The van der Waals surface area contributed by atoms with Crippen molar-refractivity contribution in [2.75, 3.05) is 18.9 Å². The van der Waals surface area contributed by atoms with Crippen molar-refractivity contribution in [2.24, 2.45) is 0 Å². The molecular weight excluding hydrogens is 190 g/mol. The molecule has 15 heavy (non-hydrogen) atoms. The van der Waals surface area contributed by atoms with Crippen molar-refractivity contribution in [2.45, 2.75) is 25.9 Å². The second kappa shape index (κ2) is 4.53. The summed E-state index contributed by atoms with van der Waals surface area (Å²) in [5.74, 6) is 0.903. The van der Waals surface area contributed by atoms with Crippen LogP contribution in [0.3, 0.4) is 0 Å². The molecule has 0 aliphatic carbocycles. The fourth-order valence-corrected chi connectivity index (χ4v) is 1.79. The highest BCUT2D eigenvalue weighted by Gasteiger charge is 2.16. The quantitative estimate of drug-likeness (QED) is 0.772. The lowest BCUT2D eigenvalue weighted by Gasteiger charge is -2.13. The van der Waals surface area contributed by atoms with Crippen LogP contribution in [-0.4, -0.2) is 19.3 Å². The molecule has 1 aromatic carbocycles. The van der Waals surface area contributed by atoms with E-state index in [1.54, 1.807) is 0 Å². The summed E-state index contributed by atoms with van der Waals surface area (Å²) in [7, 11) is 0. The van der Waals surface area contributed by atoms with Crippen LogP contribution < -0.4 is 10.5 Å². The molecule has 1 heterocycles. The zero-order valence-electron chi connectivity index (χ0n) is 9.03. The van der Waals surface area contributed by atoms with E-state index in [0.29, 0.717) is 6.61 Å². The van der Waals surface area contributed by atoms with Gasteiger partial charge in [0.1, 0.15) is 12.4 Å². The molecule has 82 valence electrons. The molecule has 2 N–H and O–H groups in total. The first-order valence-corrected chi connectivity index (χ1v) is 5.36. The summed E-state index contributed by atoms with van der Waals surface area (Å²) >= 11 is 0. The van der Waals surface area contributed by atoms with E-state index in [1.165, 1.54) is 0 Å². The van der Waals surface area contributed by atoms with Gasteiger partial charge in [0.05, 0.1) is 6.10 Å². The molecule has 0 aromatic heterocycles. The van der Waals surface area contributed by atoms with Crippen molar-refractivity contribution in [3.05, 3.63) is 23.8 Å². The summed E-state index contributed by atoms with van der Waals surface area (Å²) in [4.78, 5) is 0. The largest absolute Gasteiger partial charge is 0.491 e. The molecular formula is C12H17NO2. The predicted molar refractivity (Wildman–Crippen MR) is 60.1 cm³/mol. The topological polar surface area (TPSA) is 44.5 Å². The Kier molecular flexibility index (Phi) is 3.11. The maximum Gasteiger partial charge on any atom is 0.122 e. The maximum atomic E-state index is 5.70. The van der Waals surface area contributed by atoms with Gasteiger partial charge >= 0.3 is 0 Å². The molecule has 3 nitrogen and oxygen atoms in total. The molecule has 0 radical (unpaired) electrons. The monoisotopic (exact) mass is 207 g/mol. The van der Waals surface area contributed by atoms with Gasteiger partial charge in [0.15, 0.2) is 0 Å². The van der Waals surface area contributed by atoms with Crippen molar-refractivity contribution < 1.29 is 9.47 Å². The summed E-state index contributed by atoms with van der Waals surface area (Å²) in [5.41, 5.74) is 7.52. The average molecular weight is 207 g/mol. The predicted octanol–water partition coefficient (Wildman–Crippen LogP) is 2.14. The number of nitrogen functional groups attached to an aromatic ring is 1. The van der Waals surface area contributed by atoms with Crippen LogP contribution >= 0.6 is 0 Å². The molecule has 0 bridgehead atoms. The van der Waals surface area contributed by atoms with E-state index in [0.717, 1.165) is 36.4 Å². The van der Waals surface area contributed by atoms with Gasteiger partial charge in [-0.15, -0.1) is 0 Å². The molecule has 3 heteroatoms. The zero-order chi connectivity index (χ0) is 10.7. The summed E-state index contributed by atoms with van der Waals surface area (Å²) in [6, 6.07) is 5.70. The summed E-state index contributed by atoms with van der Waals surface area (Å²) in [6.45, 7) is 3.51. The Morgan fingerprint density at radius 1 is 1.53 bits per heavy atom. The van der Waals surface area contributed by atoms with E-state index in [-0.39, 0.29) is 6.10 Å². The third-order valence-electron chi connectivity index (χ3n) is 2.65. The molecule has 0 amide bonds. The van der Waals surface area contributed by atoms with Crippen LogP contribution in [0.25, 0.3) is 0 Å². The van der Waals surface area contributed by atoms with Gasteiger partial charge < -0.3 is 15.2 Å². The number of aryl methyl sites for hydroxylation is 1. The third-order valence-corrected chi connectivity index (χ3v) is 2.65. The lowest BCUT2D eigenvalue weighted by Crippen LogP contribution is -2.16. The first-order valence-electron chi connectivity index (χ1n) is 5.36. The van der Waals surface area contributed by atoms with Crippen LogP contribution in [0.1, 0.15) is 18.4 Å². The molecule has 1 fully saturated rings. The smallest absolute Gasteiger partial charge is 0.122 e. The minimum absolute atomic E-state index is 0.266. The highest BCUT2D eigenvalue weighted by molar-refractivity contribution is 5.47. The fourth-order valence-electron chi connectivity index (χ4n) is 1.79. The van der Waals surface area contributed by atoms with Crippen molar-refractivity contribution in [1.82, 2.24) is 0 Å². The molecule has 1 saturated heterocycles. The van der Waals surface area contributed by atoms with Gasteiger partial charge in [-0.3, -0.25) is 0 Å². The Labute approximate surface area is 90.2 Å². The van der Waals surface area contributed by atoms with Crippen LogP contribution in [0.5, 0.6) is 5.75 Å². The number of benzene rings is 1. The van der Waals surface area contributed by atoms with Crippen molar-refractivity contribution in [3.8, 4) is 5.75 Å². The number of ether oxygens (including phenoxy) is 2. The molecule has 0 spiro atoms. The average Bonchev–Trinajstić information content (AvgIpc) is 2.69. The molecule has 1 aliphatic rings. The van der Waals surface area contributed by atoms with E-state index < -0.39 is 0 Å². The van der Waals surface area contributed by atoms with Gasteiger partial charge in [0, 0.05) is 12.3 Å². The summed E-state index contributed by atoms with van der Waals surface area (Å²) < 4.78 is 11.2. The van der Waals surface area contributed by atoms with Gasteiger partial charge in [-0.05, 0) is 43.5 Å². The maximum absolute atomic E-state index is 5.70. The molecule has 1 aliphatic heterocycles. The summed E-state index contributed by atoms with van der Waals surface area (Å²) in [5, 5.41) is 0. The van der Waals surface area contributed by atoms with Crippen molar-refractivity contribution in [1.29, 1.82) is 0 Å². The molecule has 2 rings (SSSR count). The van der Waals surface area contributed by atoms with Gasteiger partial charge in [-0.1, -0.05) is 0 Å². The lowest BCUT2D eigenvalue weighted by molar-refractivity contribution is 0.0677. The Hall–Kier alpha value is -1.22. The summed E-state index contributed by atoms with van der Waals surface area (Å²) in [6.07, 6.45) is 2.52. The van der Waals surface area contributed by atoms with E-state index in [4.69, 9.17) is 15.2 Å². The lowest BCUT2D eigenvalue weighted by atomic mass is 10.2. The number of hydrogen-bond donors (Lipinski definition) is 1. The molecule has 0 saturated carbocycles. The van der Waals surface area contributed by atoms with Gasteiger partial charge in [-0.25, -0.2) is 0 Å². The highest BCUT2D eigenvalue weighted by atomic mass is 16.5. The fraction of sp³-hybridized carbons (Fsp3) is 0.500. The Bertz CT molecular complexity index is 332. The van der Waals surface area contributed by atoms with Crippen molar-refractivity contribution >= 4 is 5.69 Å². The van der Waals surface area contributed by atoms with E-state index in [9.17, 15) is 0 Å². The van der Waals surface area contributed by atoms with Crippen molar-refractivity contribution in [3.63, 3.8) is 0 Å². The Morgan fingerprint density at radius 3 is 3.07 bits per heavy atom. The van der Waals surface area contributed by atoms with Crippen LogP contribution in [0, 0.1) is 6.92 Å². The molecule has 1 atom stereocenters. The Balaban J connectivity index is 1.92. The minimum atomic E-state index is 0.266. The Morgan fingerprint density at radius 2 is 2.40 bits per heavy atom. The van der Waals surface area contributed by atoms with Crippen LogP contribution in [0.15, 0.2) is 18.2 Å². The number of nitrogens with two attached hydrogens (primary N) is 1. The molecule has 0 unspecified atom stereocenters. The number of rotatable bonds is 3. The van der Waals surface area contributed by atoms with Gasteiger partial charge in [-0.2, -0.15) is 0 Å². The second-order valence-electron chi connectivity index (χ2n) is 3.97. The standard InChI is InChI=1S/C12H17NO2/c1-9-7-10(13)4-5-12(9)15-8-11-3-2-6-14-11/h4-5,7,11H,2-3,6,8,13H2,1H3/t11-/m1/s1. The van der Waals surface area contributed by atoms with Crippen LogP contribution in [0.4, 0.5) is 5.69 Å². The molecule has 1 aromatic rings. The van der Waals surface area contributed by atoms with Crippen LogP contribution in [-0.2, 0) is 4.74 Å². The van der Waals surface area contributed by atoms with Crippen LogP contribution in [0.2, 0.25) is 0 Å². The minimum Gasteiger partial charge on any atom is -0.491 e.